The number of hydrogen-bond donors (Lipinski definition) is 1. The Morgan fingerprint density at radius 3 is 2.63 bits per heavy atom. The number of ether oxygens (including phenoxy) is 1. The van der Waals surface area contributed by atoms with Crippen LogP contribution in [0.25, 0.3) is 21.1 Å². The molecule has 3 heterocycles. The first-order chi connectivity index (χ1) is 19.8. The van der Waals surface area contributed by atoms with Gasteiger partial charge in [-0.3, -0.25) is 4.18 Å². The third-order valence-electron chi connectivity index (χ3n) is 6.48. The molecule has 3 aromatic carbocycles. The average molecular weight is 606 g/mol. The number of fused-ring (bicyclic) bond motifs is 2. The van der Waals surface area contributed by atoms with E-state index in [-0.39, 0.29) is 18.0 Å². The third-order valence-corrected chi connectivity index (χ3v) is 9.00. The molecule has 0 atom stereocenters. The Morgan fingerprint density at radius 1 is 1.00 bits per heavy atom. The SMILES string of the molecule is Cc1ccc(S(=O)(=O)OCCn2ccc3ncnc(Nc4ccc(Oc5cccc6snc(C)c56)c(Cl)c4)c32)cc1. The lowest BCUT2D eigenvalue weighted by Gasteiger charge is -2.13. The van der Waals surface area contributed by atoms with Crippen LogP contribution in [0.15, 0.2) is 84.1 Å². The van der Waals surface area contributed by atoms with Crippen LogP contribution in [-0.4, -0.2) is 33.9 Å². The van der Waals surface area contributed by atoms with E-state index in [1.54, 1.807) is 24.3 Å². The molecule has 0 fully saturated rings. The first-order valence-electron chi connectivity index (χ1n) is 12.6. The molecular weight excluding hydrogens is 582 g/mol. The van der Waals surface area contributed by atoms with Crippen molar-refractivity contribution >= 4 is 65.9 Å². The van der Waals surface area contributed by atoms with Gasteiger partial charge in [0, 0.05) is 18.4 Å². The molecule has 0 bridgehead atoms. The fraction of sp³-hybridized carbons (Fsp3) is 0.138. The molecule has 6 rings (SSSR count). The highest BCUT2D eigenvalue weighted by atomic mass is 35.5. The van der Waals surface area contributed by atoms with E-state index in [2.05, 4.69) is 19.7 Å². The van der Waals surface area contributed by atoms with Crippen LogP contribution >= 0.6 is 23.1 Å². The second kappa shape index (κ2) is 11.1. The smallest absolute Gasteiger partial charge is 0.297 e. The van der Waals surface area contributed by atoms with E-state index < -0.39 is 10.1 Å². The Labute approximate surface area is 245 Å². The average Bonchev–Trinajstić information content (AvgIpc) is 3.55. The summed E-state index contributed by atoms with van der Waals surface area (Å²) >= 11 is 8.05. The summed E-state index contributed by atoms with van der Waals surface area (Å²) in [6.45, 7) is 4.06. The molecule has 0 amide bonds. The molecule has 0 aliphatic carbocycles. The van der Waals surface area contributed by atoms with Gasteiger partial charge >= 0.3 is 0 Å². The van der Waals surface area contributed by atoms with Gasteiger partial charge in [0.25, 0.3) is 10.1 Å². The summed E-state index contributed by atoms with van der Waals surface area (Å²) in [6.07, 6.45) is 3.28. The Balaban J connectivity index is 1.19. The van der Waals surface area contributed by atoms with Crippen molar-refractivity contribution in [3.05, 3.63) is 95.5 Å². The first-order valence-corrected chi connectivity index (χ1v) is 15.2. The molecule has 6 aromatic rings. The molecule has 41 heavy (non-hydrogen) atoms. The lowest BCUT2D eigenvalue weighted by molar-refractivity contribution is 0.302. The zero-order chi connectivity index (χ0) is 28.6. The molecule has 0 aliphatic rings. The first kappa shape index (κ1) is 27.2. The fourth-order valence-corrected chi connectivity index (χ4v) is 6.36. The highest BCUT2D eigenvalue weighted by Gasteiger charge is 2.17. The number of aromatic nitrogens is 4. The van der Waals surface area contributed by atoms with Gasteiger partial charge in [0.1, 0.15) is 23.3 Å². The van der Waals surface area contributed by atoms with Gasteiger partial charge in [0.15, 0.2) is 5.82 Å². The van der Waals surface area contributed by atoms with Gasteiger partial charge in [0.05, 0.1) is 37.8 Å². The minimum atomic E-state index is -3.87. The lowest BCUT2D eigenvalue weighted by atomic mass is 10.2. The molecule has 0 aliphatic heterocycles. The Morgan fingerprint density at radius 2 is 1.83 bits per heavy atom. The third kappa shape index (κ3) is 5.62. The number of anilines is 2. The van der Waals surface area contributed by atoms with Gasteiger partial charge < -0.3 is 14.6 Å². The number of aryl methyl sites for hydroxylation is 2. The van der Waals surface area contributed by atoms with Crippen LogP contribution in [0, 0.1) is 13.8 Å². The summed E-state index contributed by atoms with van der Waals surface area (Å²) in [5.74, 6) is 1.74. The zero-order valence-corrected chi connectivity index (χ0v) is 24.4. The highest BCUT2D eigenvalue weighted by Crippen LogP contribution is 2.38. The number of halogens is 1. The minimum absolute atomic E-state index is 0.0575. The van der Waals surface area contributed by atoms with Crippen LogP contribution in [0.3, 0.4) is 0 Å². The molecular formula is C29H24ClN5O4S2. The van der Waals surface area contributed by atoms with E-state index in [4.69, 9.17) is 20.5 Å². The lowest BCUT2D eigenvalue weighted by Crippen LogP contribution is -2.12. The molecule has 0 saturated heterocycles. The number of hydrogen-bond acceptors (Lipinski definition) is 9. The summed E-state index contributed by atoms with van der Waals surface area (Å²) in [7, 11) is -3.87. The summed E-state index contributed by atoms with van der Waals surface area (Å²) in [4.78, 5) is 8.88. The molecule has 0 unspecified atom stereocenters. The van der Waals surface area contributed by atoms with Crippen molar-refractivity contribution in [1.82, 2.24) is 18.9 Å². The van der Waals surface area contributed by atoms with Gasteiger partial charge in [-0.15, -0.1) is 0 Å². The maximum Gasteiger partial charge on any atom is 0.297 e. The summed E-state index contributed by atoms with van der Waals surface area (Å²) < 4.78 is 44.0. The van der Waals surface area contributed by atoms with Crippen LogP contribution in [0.4, 0.5) is 11.5 Å². The van der Waals surface area contributed by atoms with Crippen LogP contribution < -0.4 is 10.1 Å². The van der Waals surface area contributed by atoms with Crippen molar-refractivity contribution in [1.29, 1.82) is 0 Å². The largest absolute Gasteiger partial charge is 0.455 e. The van der Waals surface area contributed by atoms with Crippen LogP contribution in [0.5, 0.6) is 11.5 Å². The quantitative estimate of drug-likeness (QED) is 0.172. The van der Waals surface area contributed by atoms with Crippen molar-refractivity contribution in [3.8, 4) is 11.5 Å². The van der Waals surface area contributed by atoms with Crippen LogP contribution in [0.2, 0.25) is 5.02 Å². The second-order valence-electron chi connectivity index (χ2n) is 9.32. The summed E-state index contributed by atoms with van der Waals surface area (Å²) in [5, 5.41) is 4.69. The Bertz CT molecular complexity index is 1990. The summed E-state index contributed by atoms with van der Waals surface area (Å²) in [5.41, 5.74) is 3.97. The van der Waals surface area contributed by atoms with Crippen LogP contribution in [0.1, 0.15) is 11.3 Å². The van der Waals surface area contributed by atoms with Gasteiger partial charge in [-0.2, -0.15) is 12.8 Å². The number of benzene rings is 3. The standard InChI is InChI=1S/C29H24ClN5O4S2/c1-18-6-9-21(10-7-18)41(36,37)38-15-14-35-13-12-23-28(35)29(32-17-31-23)33-20-8-11-24(22(30)16-20)39-25-4-3-5-26-27(25)19(2)34-40-26/h3-13,16-17H,14-15H2,1-2H3,(H,31,32,33). The van der Waals surface area contributed by atoms with E-state index in [9.17, 15) is 8.42 Å². The molecule has 0 saturated carbocycles. The van der Waals surface area contributed by atoms with Gasteiger partial charge in [-0.25, -0.2) is 9.97 Å². The molecule has 208 valence electrons. The van der Waals surface area contributed by atoms with Gasteiger partial charge in [-0.1, -0.05) is 35.4 Å². The van der Waals surface area contributed by atoms with Crippen molar-refractivity contribution in [2.24, 2.45) is 0 Å². The minimum Gasteiger partial charge on any atom is -0.455 e. The van der Waals surface area contributed by atoms with Crippen molar-refractivity contribution < 1.29 is 17.3 Å². The number of rotatable bonds is 9. The van der Waals surface area contributed by atoms with E-state index in [0.29, 0.717) is 39.1 Å². The molecule has 1 N–H and O–H groups in total. The van der Waals surface area contributed by atoms with E-state index in [1.165, 1.54) is 30.0 Å². The van der Waals surface area contributed by atoms with Gasteiger partial charge in [-0.05, 0) is 73.9 Å². The van der Waals surface area contributed by atoms with Gasteiger partial charge in [0.2, 0.25) is 0 Å². The number of nitrogens with zero attached hydrogens (tertiary/aromatic N) is 4. The maximum absolute atomic E-state index is 12.6. The normalized spacial score (nSPS) is 11.8. The van der Waals surface area contributed by atoms with E-state index >= 15 is 0 Å². The molecule has 9 nitrogen and oxygen atoms in total. The number of nitrogens with one attached hydrogen (secondary N) is 1. The van der Waals surface area contributed by atoms with Crippen molar-refractivity contribution in [3.63, 3.8) is 0 Å². The predicted molar refractivity (Wildman–Crippen MR) is 161 cm³/mol. The summed E-state index contributed by atoms with van der Waals surface area (Å²) in [6, 6.07) is 19.6. The van der Waals surface area contributed by atoms with Crippen molar-refractivity contribution in [2.75, 3.05) is 11.9 Å². The fourth-order valence-electron chi connectivity index (χ4n) is 4.44. The molecule has 12 heteroatoms. The second-order valence-corrected chi connectivity index (χ2v) is 12.2. The highest BCUT2D eigenvalue weighted by molar-refractivity contribution is 7.86. The topological polar surface area (TPSA) is 108 Å². The molecule has 3 aromatic heterocycles. The zero-order valence-electron chi connectivity index (χ0n) is 22.0. The molecule has 0 radical (unpaired) electrons. The monoisotopic (exact) mass is 605 g/mol. The predicted octanol–water partition coefficient (Wildman–Crippen LogP) is 7.25. The molecule has 0 spiro atoms. The van der Waals surface area contributed by atoms with Crippen molar-refractivity contribution in [2.45, 2.75) is 25.3 Å². The maximum atomic E-state index is 12.6. The van der Waals surface area contributed by atoms with E-state index in [0.717, 1.165) is 21.3 Å². The Kier molecular flexibility index (Phi) is 7.35. The Hall–Kier alpha value is -4.03. The van der Waals surface area contributed by atoms with E-state index in [1.807, 2.05) is 54.9 Å². The van der Waals surface area contributed by atoms with Crippen LogP contribution in [-0.2, 0) is 20.8 Å².